The van der Waals surface area contributed by atoms with E-state index in [1.807, 2.05) is 56.6 Å². The molecule has 0 fully saturated rings. The SMILES string of the molecule is CCC1CN(Cc2cc(C(CC(=O)NCC(C)(C)O)c3ccc4c(nnn4CC)c3C)ccc2C)S(O)(O)c2cccnc2O1. The zero-order valence-corrected chi connectivity index (χ0v) is 27.6. The first kappa shape index (κ1) is 32.8. The van der Waals surface area contributed by atoms with E-state index in [2.05, 4.69) is 26.7 Å². The molecular weight excluding hydrogens is 592 g/mol. The van der Waals surface area contributed by atoms with Gasteiger partial charge in [0.15, 0.2) is 0 Å². The fourth-order valence-corrected chi connectivity index (χ4v) is 7.32. The van der Waals surface area contributed by atoms with Crippen LogP contribution in [0.3, 0.4) is 0 Å². The van der Waals surface area contributed by atoms with Gasteiger partial charge in [-0.1, -0.05) is 36.4 Å². The fourth-order valence-electron chi connectivity index (χ4n) is 5.75. The minimum Gasteiger partial charge on any atom is -0.472 e. The second-order valence-electron chi connectivity index (χ2n) is 12.4. The molecule has 0 aliphatic carbocycles. The summed E-state index contributed by atoms with van der Waals surface area (Å²) in [5.74, 6) is -0.265. The van der Waals surface area contributed by atoms with Crippen LogP contribution in [0.25, 0.3) is 11.0 Å². The number of aromatic nitrogens is 4. The summed E-state index contributed by atoms with van der Waals surface area (Å²) in [5.41, 5.74) is 5.40. The highest BCUT2D eigenvalue weighted by atomic mass is 32.3. The van der Waals surface area contributed by atoms with Gasteiger partial charge in [-0.05, 0) is 87.1 Å². The van der Waals surface area contributed by atoms with Gasteiger partial charge in [-0.2, -0.15) is 4.31 Å². The van der Waals surface area contributed by atoms with E-state index in [0.717, 1.165) is 38.9 Å². The Balaban J connectivity index is 1.54. The second kappa shape index (κ2) is 13.1. The van der Waals surface area contributed by atoms with Crippen LogP contribution in [0.1, 0.15) is 74.3 Å². The Bertz CT molecular complexity index is 1680. The Morgan fingerprint density at radius 1 is 1.18 bits per heavy atom. The predicted molar refractivity (Wildman–Crippen MR) is 175 cm³/mol. The molecule has 1 aliphatic heterocycles. The van der Waals surface area contributed by atoms with Crippen molar-refractivity contribution in [3.8, 4) is 5.88 Å². The summed E-state index contributed by atoms with van der Waals surface area (Å²) in [6, 6.07) is 13.5. The van der Waals surface area contributed by atoms with Crippen LogP contribution in [0.2, 0.25) is 0 Å². The van der Waals surface area contributed by atoms with Crippen molar-refractivity contribution in [3.05, 3.63) is 76.5 Å². The number of hydrogen-bond acceptors (Lipinski definition) is 9. The van der Waals surface area contributed by atoms with Crippen LogP contribution < -0.4 is 10.1 Å². The lowest BCUT2D eigenvalue weighted by Crippen LogP contribution is -2.38. The minimum atomic E-state index is -3.39. The average Bonchev–Trinajstić information content (AvgIpc) is 3.39. The molecule has 0 radical (unpaired) electrons. The molecule has 2 unspecified atom stereocenters. The molecule has 2 aromatic carbocycles. The molecule has 12 heteroatoms. The van der Waals surface area contributed by atoms with Crippen molar-refractivity contribution >= 4 is 27.7 Å². The molecule has 4 aromatic rings. The lowest BCUT2D eigenvalue weighted by molar-refractivity contribution is -0.122. The van der Waals surface area contributed by atoms with Crippen molar-refractivity contribution < 1.29 is 23.7 Å². The first-order chi connectivity index (χ1) is 21.3. The zero-order valence-electron chi connectivity index (χ0n) is 26.8. The van der Waals surface area contributed by atoms with E-state index in [1.54, 1.807) is 36.5 Å². The number of nitrogens with zero attached hydrogens (tertiary/aromatic N) is 5. The molecule has 45 heavy (non-hydrogen) atoms. The van der Waals surface area contributed by atoms with E-state index in [1.165, 1.54) is 0 Å². The molecule has 1 aliphatic rings. The predicted octanol–water partition coefficient (Wildman–Crippen LogP) is 5.57. The molecule has 1 amide bonds. The third-order valence-electron chi connectivity index (χ3n) is 8.42. The number of benzene rings is 2. The molecule has 2 aromatic heterocycles. The van der Waals surface area contributed by atoms with Crippen LogP contribution in [0, 0.1) is 13.8 Å². The molecule has 0 saturated carbocycles. The highest BCUT2D eigenvalue weighted by Gasteiger charge is 2.36. The number of aryl methyl sites for hydroxylation is 3. The number of carbonyl (C=O) groups excluding carboxylic acids is 1. The van der Waals surface area contributed by atoms with Gasteiger partial charge in [0.05, 0.1) is 17.7 Å². The molecule has 2 atom stereocenters. The maximum Gasteiger partial charge on any atom is 0.239 e. The van der Waals surface area contributed by atoms with Crippen LogP contribution in [-0.4, -0.2) is 69.2 Å². The summed E-state index contributed by atoms with van der Waals surface area (Å²) >= 11 is 0. The first-order valence-corrected chi connectivity index (χ1v) is 16.9. The Morgan fingerprint density at radius 3 is 2.67 bits per heavy atom. The Kier molecular flexibility index (Phi) is 9.52. The largest absolute Gasteiger partial charge is 0.472 e. The number of pyridine rings is 1. The maximum absolute atomic E-state index is 13.3. The van der Waals surface area contributed by atoms with Crippen molar-refractivity contribution in [2.24, 2.45) is 0 Å². The summed E-state index contributed by atoms with van der Waals surface area (Å²) in [4.78, 5) is 17.9. The van der Waals surface area contributed by atoms with Crippen LogP contribution in [0.15, 0.2) is 53.6 Å². The molecule has 3 heterocycles. The van der Waals surface area contributed by atoms with Gasteiger partial charge in [0, 0.05) is 38.2 Å². The number of nitrogens with one attached hydrogen (secondary N) is 1. The summed E-state index contributed by atoms with van der Waals surface area (Å²) in [6.07, 6.45) is 2.14. The summed E-state index contributed by atoms with van der Waals surface area (Å²) < 4.78 is 32.7. The fraction of sp³-hybridized carbons (Fsp3) is 0.455. The summed E-state index contributed by atoms with van der Waals surface area (Å²) in [5, 5.41) is 21.8. The molecule has 11 nitrogen and oxygen atoms in total. The van der Waals surface area contributed by atoms with Crippen LogP contribution in [0.4, 0.5) is 0 Å². The number of ether oxygens (including phenoxy) is 1. The van der Waals surface area contributed by atoms with Gasteiger partial charge in [0.1, 0.15) is 16.5 Å². The Morgan fingerprint density at radius 2 is 1.96 bits per heavy atom. The van der Waals surface area contributed by atoms with Crippen LogP contribution >= 0.6 is 10.8 Å². The smallest absolute Gasteiger partial charge is 0.239 e. The Hall–Kier alpha value is -3.55. The lowest BCUT2D eigenvalue weighted by atomic mass is 9.84. The van der Waals surface area contributed by atoms with E-state index in [0.29, 0.717) is 19.5 Å². The van der Waals surface area contributed by atoms with Crippen LogP contribution in [0.5, 0.6) is 5.88 Å². The third-order valence-corrected chi connectivity index (χ3v) is 10.3. The highest BCUT2D eigenvalue weighted by molar-refractivity contribution is 8.22. The van der Waals surface area contributed by atoms with Gasteiger partial charge in [0.25, 0.3) is 0 Å². The van der Waals surface area contributed by atoms with E-state index in [-0.39, 0.29) is 48.2 Å². The van der Waals surface area contributed by atoms with Crippen molar-refractivity contribution in [2.45, 2.75) is 90.0 Å². The third kappa shape index (κ3) is 7.00. The number of fused-ring (bicyclic) bond motifs is 2. The molecule has 0 bridgehead atoms. The van der Waals surface area contributed by atoms with Gasteiger partial charge in [-0.15, -0.1) is 15.9 Å². The summed E-state index contributed by atoms with van der Waals surface area (Å²) in [7, 11) is -3.39. The molecule has 242 valence electrons. The number of amides is 1. The number of aliphatic hydroxyl groups is 1. The van der Waals surface area contributed by atoms with E-state index >= 15 is 0 Å². The topological polar surface area (TPSA) is 146 Å². The molecule has 5 rings (SSSR count). The first-order valence-electron chi connectivity index (χ1n) is 15.4. The normalized spacial score (nSPS) is 18.1. The van der Waals surface area contributed by atoms with Crippen molar-refractivity contribution in [2.75, 3.05) is 13.1 Å². The van der Waals surface area contributed by atoms with Gasteiger partial charge in [-0.25, -0.2) is 9.67 Å². The second-order valence-corrected chi connectivity index (χ2v) is 14.4. The number of carbonyl (C=O) groups is 1. The van der Waals surface area contributed by atoms with E-state index in [4.69, 9.17) is 4.74 Å². The summed E-state index contributed by atoms with van der Waals surface area (Å²) in [6.45, 7) is 12.7. The van der Waals surface area contributed by atoms with E-state index in [9.17, 15) is 19.0 Å². The van der Waals surface area contributed by atoms with Crippen molar-refractivity contribution in [1.82, 2.24) is 29.6 Å². The van der Waals surface area contributed by atoms with Gasteiger partial charge < -0.3 is 15.2 Å². The highest BCUT2D eigenvalue weighted by Crippen LogP contribution is 2.57. The molecule has 0 saturated heterocycles. The minimum absolute atomic E-state index is 0.129. The maximum atomic E-state index is 13.3. The lowest BCUT2D eigenvalue weighted by Gasteiger charge is -2.41. The van der Waals surface area contributed by atoms with Crippen molar-refractivity contribution in [1.29, 1.82) is 0 Å². The van der Waals surface area contributed by atoms with Crippen LogP contribution in [-0.2, 0) is 17.9 Å². The van der Waals surface area contributed by atoms with Gasteiger partial charge in [-0.3, -0.25) is 13.9 Å². The quantitative estimate of drug-likeness (QED) is 0.175. The molecule has 0 spiro atoms. The monoisotopic (exact) mass is 636 g/mol. The molecular formula is C33H44N6O5S. The standard InChI is InChI=1S/C33H44N6O5S/c1-7-25-19-38(45(42,43)29-10-9-15-34-32(29)44-25)18-24-16-23(12-11-21(24)3)27(17-30(40)35-20-33(5,6)41)26-13-14-28-31(22(26)4)36-37-39(28)8-2/h9-16,25,27,41-43H,7-8,17-20H2,1-6H3,(H,35,40). The Labute approximate surface area is 266 Å². The van der Waals surface area contributed by atoms with E-state index < -0.39 is 16.4 Å². The number of hydrogen-bond donors (Lipinski definition) is 4. The van der Waals surface area contributed by atoms with Crippen molar-refractivity contribution in [3.63, 3.8) is 0 Å². The average molecular weight is 637 g/mol. The molecule has 4 N–H and O–H groups in total. The van der Waals surface area contributed by atoms with Gasteiger partial charge in [0.2, 0.25) is 11.8 Å². The number of rotatable bonds is 10. The zero-order chi connectivity index (χ0) is 32.5. The van der Waals surface area contributed by atoms with Gasteiger partial charge >= 0.3 is 0 Å².